The fraction of sp³-hybridized carbons (Fsp3) is 0.333. The van der Waals surface area contributed by atoms with Gasteiger partial charge in [0, 0.05) is 0 Å². The lowest BCUT2D eigenvalue weighted by Crippen LogP contribution is -2.54. The Morgan fingerprint density at radius 2 is 1.89 bits per heavy atom. The summed E-state index contributed by atoms with van der Waals surface area (Å²) in [5, 5.41) is 10.8. The van der Waals surface area contributed by atoms with Crippen molar-refractivity contribution in [2.45, 2.75) is 26.0 Å². The Labute approximate surface area is 105 Å². The number of hydroxylamine groups is 1. The van der Waals surface area contributed by atoms with Crippen molar-refractivity contribution in [3.63, 3.8) is 0 Å². The monoisotopic (exact) mass is 252 g/mol. The zero-order chi connectivity index (χ0) is 13.6. The van der Waals surface area contributed by atoms with E-state index in [1.165, 1.54) is 19.3 Å². The summed E-state index contributed by atoms with van der Waals surface area (Å²) in [5.41, 5.74) is 1.07. The maximum atomic E-state index is 11.5. The van der Waals surface area contributed by atoms with E-state index in [9.17, 15) is 9.59 Å². The van der Waals surface area contributed by atoms with E-state index in [2.05, 4.69) is 5.32 Å². The number of ether oxygens (including phenoxy) is 1. The number of carbonyl (C=O) groups is 2. The Balaban J connectivity index is 2.45. The molecule has 6 heteroatoms. The van der Waals surface area contributed by atoms with Crippen LogP contribution in [-0.2, 0) is 16.1 Å². The summed E-state index contributed by atoms with van der Waals surface area (Å²) in [4.78, 5) is 22.7. The fourth-order valence-corrected chi connectivity index (χ4v) is 1.21. The van der Waals surface area contributed by atoms with E-state index in [-0.39, 0.29) is 6.61 Å². The first kappa shape index (κ1) is 14.0. The molecule has 98 valence electrons. The second kappa shape index (κ2) is 6.02. The molecule has 1 aromatic rings. The summed E-state index contributed by atoms with van der Waals surface area (Å²) < 4.78 is 4.95. The van der Waals surface area contributed by atoms with Crippen molar-refractivity contribution >= 4 is 12.0 Å². The summed E-state index contributed by atoms with van der Waals surface area (Å²) in [6, 6.07) is 9.16. The van der Waals surface area contributed by atoms with E-state index in [1.807, 2.05) is 30.3 Å². The SMILES string of the molecule is CC(C)(NC(=O)OCc1ccccc1)C(=O)NO. The highest BCUT2D eigenvalue weighted by atomic mass is 16.5. The number of benzene rings is 1. The van der Waals surface area contributed by atoms with Gasteiger partial charge in [-0.2, -0.15) is 0 Å². The average molecular weight is 252 g/mol. The van der Waals surface area contributed by atoms with Crippen molar-refractivity contribution in [2.24, 2.45) is 0 Å². The predicted octanol–water partition coefficient (Wildman–Crippen LogP) is 1.20. The number of nitrogens with one attached hydrogen (secondary N) is 2. The standard InChI is InChI=1S/C12H16N2O4/c1-12(2,10(15)14-17)13-11(16)18-8-9-6-4-3-5-7-9/h3-7,17H,8H2,1-2H3,(H,13,16)(H,14,15). The van der Waals surface area contributed by atoms with E-state index in [1.54, 1.807) is 0 Å². The lowest BCUT2D eigenvalue weighted by atomic mass is 10.1. The summed E-state index contributed by atoms with van der Waals surface area (Å²) in [7, 11) is 0. The minimum absolute atomic E-state index is 0.115. The van der Waals surface area contributed by atoms with Crippen molar-refractivity contribution in [3.05, 3.63) is 35.9 Å². The van der Waals surface area contributed by atoms with E-state index < -0.39 is 17.5 Å². The molecular formula is C12H16N2O4. The summed E-state index contributed by atoms with van der Waals surface area (Å²) in [5.74, 6) is -0.723. The predicted molar refractivity (Wildman–Crippen MR) is 63.8 cm³/mol. The topological polar surface area (TPSA) is 87.7 Å². The molecule has 0 saturated carbocycles. The van der Waals surface area contributed by atoms with E-state index in [0.29, 0.717) is 0 Å². The number of hydrogen-bond acceptors (Lipinski definition) is 4. The normalized spacial score (nSPS) is 10.6. The quantitative estimate of drug-likeness (QED) is 0.555. The maximum absolute atomic E-state index is 11.5. The summed E-state index contributed by atoms with van der Waals surface area (Å²) >= 11 is 0. The minimum Gasteiger partial charge on any atom is -0.445 e. The second-order valence-corrected chi connectivity index (χ2v) is 4.25. The highest BCUT2D eigenvalue weighted by Gasteiger charge is 2.29. The van der Waals surface area contributed by atoms with Crippen molar-refractivity contribution in [1.29, 1.82) is 0 Å². The van der Waals surface area contributed by atoms with Crippen LogP contribution in [0, 0.1) is 0 Å². The molecule has 2 amide bonds. The van der Waals surface area contributed by atoms with Gasteiger partial charge in [-0.1, -0.05) is 30.3 Å². The van der Waals surface area contributed by atoms with Crippen LogP contribution in [0.25, 0.3) is 0 Å². The maximum Gasteiger partial charge on any atom is 0.408 e. The summed E-state index contributed by atoms with van der Waals surface area (Å²) in [6.45, 7) is 3.01. The molecule has 0 fully saturated rings. The first-order valence-corrected chi connectivity index (χ1v) is 5.39. The first-order chi connectivity index (χ1) is 8.45. The Morgan fingerprint density at radius 3 is 2.44 bits per heavy atom. The van der Waals surface area contributed by atoms with Crippen molar-refractivity contribution in [2.75, 3.05) is 0 Å². The number of rotatable bonds is 4. The highest BCUT2D eigenvalue weighted by Crippen LogP contribution is 2.04. The number of alkyl carbamates (subject to hydrolysis) is 1. The first-order valence-electron chi connectivity index (χ1n) is 5.39. The molecule has 0 saturated heterocycles. The van der Waals surface area contributed by atoms with E-state index in [4.69, 9.17) is 9.94 Å². The zero-order valence-electron chi connectivity index (χ0n) is 10.3. The largest absolute Gasteiger partial charge is 0.445 e. The van der Waals surface area contributed by atoms with Crippen molar-refractivity contribution in [3.8, 4) is 0 Å². The molecule has 6 nitrogen and oxygen atoms in total. The van der Waals surface area contributed by atoms with Gasteiger partial charge in [0.2, 0.25) is 0 Å². The van der Waals surface area contributed by atoms with Crippen LogP contribution < -0.4 is 10.8 Å². The van der Waals surface area contributed by atoms with E-state index in [0.717, 1.165) is 5.56 Å². The molecule has 0 aliphatic carbocycles. The smallest absolute Gasteiger partial charge is 0.408 e. The molecule has 3 N–H and O–H groups in total. The molecule has 0 aliphatic rings. The Bertz CT molecular complexity index is 417. The van der Waals surface area contributed by atoms with Crippen LogP contribution in [0.2, 0.25) is 0 Å². The third-order valence-electron chi connectivity index (χ3n) is 2.30. The molecule has 0 aromatic heterocycles. The molecular weight excluding hydrogens is 236 g/mol. The van der Waals surface area contributed by atoms with Gasteiger partial charge in [-0.15, -0.1) is 0 Å². The lowest BCUT2D eigenvalue weighted by Gasteiger charge is -2.22. The van der Waals surface area contributed by atoms with Gasteiger partial charge in [-0.3, -0.25) is 10.0 Å². The molecule has 0 radical (unpaired) electrons. The number of hydrogen-bond donors (Lipinski definition) is 3. The molecule has 0 spiro atoms. The molecule has 1 rings (SSSR count). The number of carbonyl (C=O) groups excluding carboxylic acids is 2. The second-order valence-electron chi connectivity index (χ2n) is 4.25. The lowest BCUT2D eigenvalue weighted by molar-refractivity contribution is -0.134. The van der Waals surface area contributed by atoms with Gasteiger partial charge in [0.05, 0.1) is 0 Å². The van der Waals surface area contributed by atoms with Gasteiger partial charge in [0.15, 0.2) is 0 Å². The molecule has 0 unspecified atom stereocenters. The molecule has 0 heterocycles. The van der Waals surface area contributed by atoms with Gasteiger partial charge in [0.25, 0.3) is 5.91 Å². The summed E-state index contributed by atoms with van der Waals surface area (Å²) in [6.07, 6.45) is -0.729. The van der Waals surface area contributed by atoms with Gasteiger partial charge < -0.3 is 10.1 Å². The van der Waals surface area contributed by atoms with Crippen LogP contribution in [0.4, 0.5) is 4.79 Å². The molecule has 1 aromatic carbocycles. The Kier molecular flexibility index (Phi) is 4.67. The average Bonchev–Trinajstić information content (AvgIpc) is 2.36. The van der Waals surface area contributed by atoms with Crippen LogP contribution in [0.15, 0.2) is 30.3 Å². The van der Waals surface area contributed by atoms with Gasteiger partial charge >= 0.3 is 6.09 Å². The van der Waals surface area contributed by atoms with Crippen LogP contribution in [-0.4, -0.2) is 22.7 Å². The zero-order valence-corrected chi connectivity index (χ0v) is 10.3. The minimum atomic E-state index is -1.25. The third kappa shape index (κ3) is 4.06. The number of amides is 2. The van der Waals surface area contributed by atoms with Gasteiger partial charge in [-0.25, -0.2) is 10.3 Å². The van der Waals surface area contributed by atoms with Gasteiger partial charge in [-0.05, 0) is 19.4 Å². The third-order valence-corrected chi connectivity index (χ3v) is 2.30. The molecule has 0 bridgehead atoms. The molecule has 0 atom stereocenters. The van der Waals surface area contributed by atoms with E-state index >= 15 is 0 Å². The van der Waals surface area contributed by atoms with Crippen LogP contribution >= 0.6 is 0 Å². The van der Waals surface area contributed by atoms with Crippen LogP contribution in [0.3, 0.4) is 0 Å². The van der Waals surface area contributed by atoms with Crippen molar-refractivity contribution < 1.29 is 19.5 Å². The van der Waals surface area contributed by atoms with Crippen LogP contribution in [0.1, 0.15) is 19.4 Å². The molecule has 18 heavy (non-hydrogen) atoms. The molecule has 0 aliphatic heterocycles. The van der Waals surface area contributed by atoms with Crippen molar-refractivity contribution in [1.82, 2.24) is 10.8 Å². The van der Waals surface area contributed by atoms with Crippen LogP contribution in [0.5, 0.6) is 0 Å². The van der Waals surface area contributed by atoms with Gasteiger partial charge in [0.1, 0.15) is 12.1 Å². The Hall–Kier alpha value is -2.08. The Morgan fingerprint density at radius 1 is 1.28 bits per heavy atom. The fourth-order valence-electron chi connectivity index (χ4n) is 1.21. The highest BCUT2D eigenvalue weighted by molar-refractivity contribution is 5.88.